The van der Waals surface area contributed by atoms with E-state index in [1.807, 2.05) is 13.8 Å². The molecule has 1 aromatic carbocycles. The Morgan fingerprint density at radius 3 is 2.64 bits per heavy atom. The number of anilines is 1. The molecule has 0 bridgehead atoms. The number of furan rings is 1. The number of carbonyl (C=O) groups excluding carboxylic acids is 1. The first-order valence-corrected chi connectivity index (χ1v) is 15.4. The Morgan fingerprint density at radius 1 is 1.23 bits per heavy atom. The number of aliphatic hydroxyl groups is 2. The van der Waals surface area contributed by atoms with Gasteiger partial charge in [-0.3, -0.25) is 9.52 Å². The summed E-state index contributed by atoms with van der Waals surface area (Å²) in [5, 5.41) is 24.5. The highest BCUT2D eigenvalue weighted by Gasteiger charge is 2.59. The largest absolute Gasteiger partial charge is 0.467 e. The zero-order valence-corrected chi connectivity index (χ0v) is 23.9. The highest BCUT2D eigenvalue weighted by atomic mass is 32.2. The maximum absolute atomic E-state index is 13.2. The fourth-order valence-corrected chi connectivity index (χ4v) is 8.74. The summed E-state index contributed by atoms with van der Waals surface area (Å²) in [5.74, 6) is 0.0222. The molecule has 1 amide bonds. The monoisotopic (exact) mass is 573 g/mol. The number of rotatable bonds is 8. The topological polar surface area (TPSA) is 142 Å². The number of nitrogens with one attached hydrogen (secondary N) is 2. The highest BCUT2D eigenvalue weighted by molar-refractivity contribution is 7.93. The number of aliphatic hydroxyl groups excluding tert-OH is 2. The van der Waals surface area contributed by atoms with Crippen LogP contribution < -0.4 is 10.0 Å². The molecule has 5 rings (SSSR count). The van der Waals surface area contributed by atoms with Gasteiger partial charge in [0.05, 0.1) is 36.1 Å². The van der Waals surface area contributed by atoms with Gasteiger partial charge in [0.25, 0.3) is 10.0 Å². The summed E-state index contributed by atoms with van der Waals surface area (Å²) in [6.45, 7) is 5.98. The van der Waals surface area contributed by atoms with Crippen molar-refractivity contribution < 1.29 is 27.8 Å². The molecule has 39 heavy (non-hydrogen) atoms. The minimum absolute atomic E-state index is 0.129. The molecule has 9 nitrogen and oxygen atoms in total. The second-order valence-electron chi connectivity index (χ2n) is 11.3. The molecule has 0 aliphatic heterocycles. The molecule has 4 N–H and O–H groups in total. The van der Waals surface area contributed by atoms with Gasteiger partial charge < -0.3 is 19.9 Å². The molecule has 0 radical (unpaired) electrons. The summed E-state index contributed by atoms with van der Waals surface area (Å²) >= 11 is 1.26. The van der Waals surface area contributed by atoms with E-state index in [0.717, 1.165) is 10.4 Å². The fourth-order valence-electron chi connectivity index (χ4n) is 6.44. The molecule has 210 valence electrons. The van der Waals surface area contributed by atoms with E-state index >= 15 is 0 Å². The normalized spacial score (nSPS) is 28.4. The minimum Gasteiger partial charge on any atom is -0.467 e. The summed E-state index contributed by atoms with van der Waals surface area (Å²) < 4.78 is 34.2. The Balaban J connectivity index is 1.48. The van der Waals surface area contributed by atoms with Crippen molar-refractivity contribution in [3.8, 4) is 0 Å². The van der Waals surface area contributed by atoms with E-state index in [9.17, 15) is 23.4 Å². The van der Waals surface area contributed by atoms with Gasteiger partial charge in [-0.25, -0.2) is 13.4 Å². The maximum atomic E-state index is 13.2. The second kappa shape index (κ2) is 10.3. The number of aryl methyl sites for hydroxylation is 1. The number of hydrogen-bond donors (Lipinski definition) is 4. The van der Waals surface area contributed by atoms with Gasteiger partial charge in [-0.05, 0) is 61.8 Å². The lowest BCUT2D eigenvalue weighted by Crippen LogP contribution is -2.57. The number of thiazole rings is 1. The number of amides is 1. The van der Waals surface area contributed by atoms with Crippen LogP contribution in [-0.2, 0) is 27.8 Å². The molecule has 3 aromatic rings. The van der Waals surface area contributed by atoms with Gasteiger partial charge in [-0.15, -0.1) is 11.3 Å². The van der Waals surface area contributed by atoms with Crippen LogP contribution in [0.2, 0.25) is 0 Å². The Kier molecular flexibility index (Phi) is 7.38. The lowest BCUT2D eigenvalue weighted by Gasteiger charge is -2.58. The van der Waals surface area contributed by atoms with Crippen molar-refractivity contribution in [2.75, 3.05) is 11.3 Å². The lowest BCUT2D eigenvalue weighted by molar-refractivity contribution is -0.144. The second-order valence-corrected chi connectivity index (χ2v) is 14.1. The van der Waals surface area contributed by atoms with E-state index in [-0.39, 0.29) is 47.3 Å². The van der Waals surface area contributed by atoms with Crippen LogP contribution in [0.3, 0.4) is 0 Å². The third-order valence-corrected chi connectivity index (χ3v) is 11.4. The molecular weight excluding hydrogens is 538 g/mol. The molecule has 5 unspecified atom stereocenters. The average Bonchev–Trinajstić information content (AvgIpc) is 3.56. The molecule has 11 heteroatoms. The van der Waals surface area contributed by atoms with Gasteiger partial charge >= 0.3 is 0 Å². The van der Waals surface area contributed by atoms with Gasteiger partial charge in [0.2, 0.25) is 5.91 Å². The van der Waals surface area contributed by atoms with E-state index in [0.29, 0.717) is 30.7 Å². The summed E-state index contributed by atoms with van der Waals surface area (Å²) in [6.07, 6.45) is 2.72. The van der Waals surface area contributed by atoms with E-state index in [4.69, 9.17) is 9.40 Å². The van der Waals surface area contributed by atoms with Crippen LogP contribution in [0.15, 0.2) is 52.0 Å². The third kappa shape index (κ3) is 5.13. The van der Waals surface area contributed by atoms with Gasteiger partial charge in [-0.2, -0.15) is 0 Å². The van der Waals surface area contributed by atoms with Crippen LogP contribution >= 0.6 is 11.3 Å². The maximum Gasteiger partial charge on any atom is 0.263 e. The fraction of sp³-hybridized carbons (Fsp3) is 0.500. The van der Waals surface area contributed by atoms with Gasteiger partial charge in [0, 0.05) is 22.6 Å². The van der Waals surface area contributed by atoms with Crippen LogP contribution in [-0.4, -0.2) is 42.2 Å². The predicted molar refractivity (Wildman–Crippen MR) is 148 cm³/mol. The van der Waals surface area contributed by atoms with E-state index in [1.54, 1.807) is 42.7 Å². The van der Waals surface area contributed by atoms with Gasteiger partial charge in [0.1, 0.15) is 5.76 Å². The number of fused-ring (bicyclic) bond motifs is 2. The Hall–Kier alpha value is -2.73. The standard InChI is InChI=1S/C28H35N3O6S2/c1-17-6-8-19(9-7-17)39(35,36)31-26-30-25-20(13-24(34)29-15-18-5-4-12-37-18)27(2)11-10-23(33)28(3,16-32)22(27)14-21(25)38-26/h4-9,12,20,22-23,32-33H,10-11,13-16H2,1-3H3,(H,29,34)(H,30,31). The van der Waals surface area contributed by atoms with Crippen LogP contribution in [0.5, 0.6) is 0 Å². The zero-order valence-electron chi connectivity index (χ0n) is 22.3. The van der Waals surface area contributed by atoms with Crippen molar-refractivity contribution in [3.63, 3.8) is 0 Å². The van der Waals surface area contributed by atoms with Crippen LogP contribution in [0, 0.1) is 23.7 Å². The summed E-state index contributed by atoms with van der Waals surface area (Å²) in [5.41, 5.74) is 0.466. The van der Waals surface area contributed by atoms with Gasteiger partial charge in [0.15, 0.2) is 5.13 Å². The first-order chi connectivity index (χ1) is 18.5. The number of nitrogens with zero attached hydrogens (tertiary/aromatic N) is 1. The quantitative estimate of drug-likeness (QED) is 0.320. The smallest absolute Gasteiger partial charge is 0.263 e. The van der Waals surface area contributed by atoms with Crippen molar-refractivity contribution in [1.82, 2.24) is 10.3 Å². The van der Waals surface area contributed by atoms with Crippen LogP contribution in [0.4, 0.5) is 5.13 Å². The first-order valence-electron chi connectivity index (χ1n) is 13.1. The Labute approximate surface area is 232 Å². The molecule has 2 heterocycles. The third-order valence-electron chi connectivity index (χ3n) is 8.88. The predicted octanol–water partition coefficient (Wildman–Crippen LogP) is 3.97. The Morgan fingerprint density at radius 2 is 1.97 bits per heavy atom. The number of carbonyl (C=O) groups is 1. The lowest BCUT2D eigenvalue weighted by atomic mass is 9.47. The van der Waals surface area contributed by atoms with Crippen molar-refractivity contribution in [2.24, 2.45) is 16.7 Å². The van der Waals surface area contributed by atoms with Gasteiger partial charge in [-0.1, -0.05) is 31.5 Å². The SMILES string of the molecule is Cc1ccc(S(=O)(=O)Nc2nc3c(s2)CC2C(C)(CO)C(O)CCC2(C)C3CC(=O)NCc2ccco2)cc1. The molecule has 2 aliphatic carbocycles. The molecule has 2 aromatic heterocycles. The number of aromatic nitrogens is 1. The van der Waals surface area contributed by atoms with Crippen molar-refractivity contribution in [2.45, 2.75) is 69.9 Å². The Bertz CT molecular complexity index is 1440. The molecule has 2 aliphatic rings. The first kappa shape index (κ1) is 27.8. The van der Waals surface area contributed by atoms with Crippen LogP contribution in [0.25, 0.3) is 0 Å². The highest BCUT2D eigenvalue weighted by Crippen LogP contribution is 2.62. The van der Waals surface area contributed by atoms with Crippen molar-refractivity contribution in [1.29, 1.82) is 0 Å². The van der Waals surface area contributed by atoms with Crippen molar-refractivity contribution >= 4 is 32.4 Å². The summed E-state index contributed by atoms with van der Waals surface area (Å²) in [4.78, 5) is 19.0. The minimum atomic E-state index is -3.85. The number of benzene rings is 1. The van der Waals surface area contributed by atoms with Crippen molar-refractivity contribution in [3.05, 3.63) is 64.6 Å². The summed E-state index contributed by atoms with van der Waals surface area (Å²) in [7, 11) is -3.85. The molecule has 1 saturated carbocycles. The molecule has 0 spiro atoms. The molecule has 1 fully saturated rings. The molecule has 0 saturated heterocycles. The average molecular weight is 574 g/mol. The van der Waals surface area contributed by atoms with E-state index < -0.39 is 27.0 Å². The summed E-state index contributed by atoms with van der Waals surface area (Å²) in [6, 6.07) is 10.1. The zero-order chi connectivity index (χ0) is 28.0. The molecular formula is C28H35N3O6S2. The number of sulfonamides is 1. The van der Waals surface area contributed by atoms with Crippen LogP contribution in [0.1, 0.15) is 60.9 Å². The van der Waals surface area contributed by atoms with E-state index in [1.165, 1.54) is 11.3 Å². The van der Waals surface area contributed by atoms with E-state index in [2.05, 4.69) is 17.0 Å². The number of hydrogen-bond acceptors (Lipinski definition) is 8. The molecule has 5 atom stereocenters.